The highest BCUT2D eigenvalue weighted by Gasteiger charge is 2.23. The lowest BCUT2D eigenvalue weighted by Gasteiger charge is -2.22. The van der Waals surface area contributed by atoms with Crippen LogP contribution in [0, 0.1) is 5.92 Å². The molecule has 2 heterocycles. The lowest BCUT2D eigenvalue weighted by atomic mass is 10.0. The van der Waals surface area contributed by atoms with E-state index >= 15 is 0 Å². The van der Waals surface area contributed by atoms with Gasteiger partial charge in [-0.15, -0.1) is 0 Å². The van der Waals surface area contributed by atoms with Crippen LogP contribution in [-0.4, -0.2) is 31.0 Å². The van der Waals surface area contributed by atoms with Crippen molar-refractivity contribution in [1.82, 2.24) is 10.6 Å². The van der Waals surface area contributed by atoms with Gasteiger partial charge < -0.3 is 15.4 Å². The van der Waals surface area contributed by atoms with Gasteiger partial charge in [0, 0.05) is 13.0 Å². The molecule has 2 amide bonds. The van der Waals surface area contributed by atoms with Crippen molar-refractivity contribution >= 4 is 11.8 Å². The highest BCUT2D eigenvalue weighted by atomic mass is 16.5. The molecular weight excluding hydrogens is 292 g/mol. The van der Waals surface area contributed by atoms with Gasteiger partial charge in [0.15, 0.2) is 0 Å². The van der Waals surface area contributed by atoms with Crippen LogP contribution in [0.15, 0.2) is 24.3 Å². The molecule has 0 fully saturated rings. The summed E-state index contributed by atoms with van der Waals surface area (Å²) in [6, 6.07) is 7.47. The molecule has 2 N–H and O–H groups in total. The van der Waals surface area contributed by atoms with Gasteiger partial charge in [-0.3, -0.25) is 9.59 Å². The van der Waals surface area contributed by atoms with Crippen LogP contribution in [-0.2, 0) is 16.0 Å². The molecule has 126 valence electrons. The van der Waals surface area contributed by atoms with E-state index in [1.807, 2.05) is 38.1 Å². The SMILES string of the molecule is CC(C)[C@@H]1NC(=O)CCCCOc2ccc(cc2)CCNC1=O. The molecule has 0 spiro atoms. The molecule has 2 aliphatic rings. The van der Waals surface area contributed by atoms with Crippen molar-refractivity contribution in [3.05, 3.63) is 29.8 Å². The van der Waals surface area contributed by atoms with E-state index < -0.39 is 6.04 Å². The van der Waals surface area contributed by atoms with Crippen LogP contribution >= 0.6 is 0 Å². The van der Waals surface area contributed by atoms with Crippen LogP contribution in [0.2, 0.25) is 0 Å². The van der Waals surface area contributed by atoms with E-state index in [1.54, 1.807) is 0 Å². The van der Waals surface area contributed by atoms with Crippen molar-refractivity contribution in [3.63, 3.8) is 0 Å². The predicted octanol–water partition coefficient (Wildman–Crippen LogP) is 2.05. The van der Waals surface area contributed by atoms with Crippen molar-refractivity contribution in [2.24, 2.45) is 5.92 Å². The minimum absolute atomic E-state index is 0.0560. The molecule has 1 atom stereocenters. The Morgan fingerprint density at radius 3 is 2.52 bits per heavy atom. The molecular formula is C18H26N2O3. The van der Waals surface area contributed by atoms with Gasteiger partial charge in [-0.2, -0.15) is 0 Å². The van der Waals surface area contributed by atoms with Gasteiger partial charge in [-0.25, -0.2) is 0 Å². The third-order valence-corrected chi connectivity index (χ3v) is 3.97. The quantitative estimate of drug-likeness (QED) is 0.833. The van der Waals surface area contributed by atoms with E-state index in [2.05, 4.69) is 10.6 Å². The van der Waals surface area contributed by atoms with Gasteiger partial charge in [-0.05, 0) is 42.9 Å². The summed E-state index contributed by atoms with van der Waals surface area (Å²) in [5.41, 5.74) is 1.15. The Balaban J connectivity index is 2.05. The lowest BCUT2D eigenvalue weighted by molar-refractivity contribution is -0.130. The van der Waals surface area contributed by atoms with E-state index in [4.69, 9.17) is 4.74 Å². The topological polar surface area (TPSA) is 67.4 Å². The van der Waals surface area contributed by atoms with Gasteiger partial charge in [0.1, 0.15) is 11.8 Å². The van der Waals surface area contributed by atoms with Crippen molar-refractivity contribution in [1.29, 1.82) is 0 Å². The molecule has 3 rings (SSSR count). The number of carbonyl (C=O) groups is 2. The number of ether oxygens (including phenoxy) is 1. The van der Waals surface area contributed by atoms with E-state index in [1.165, 1.54) is 0 Å². The number of hydrogen-bond donors (Lipinski definition) is 2. The Labute approximate surface area is 137 Å². The first kappa shape index (κ1) is 17.3. The summed E-state index contributed by atoms with van der Waals surface area (Å²) in [6.07, 6.45) is 2.73. The molecule has 2 bridgehead atoms. The zero-order valence-electron chi connectivity index (χ0n) is 13.9. The zero-order valence-corrected chi connectivity index (χ0v) is 13.9. The van der Waals surface area contributed by atoms with Gasteiger partial charge >= 0.3 is 0 Å². The molecule has 2 aliphatic heterocycles. The van der Waals surface area contributed by atoms with Crippen LogP contribution in [0.25, 0.3) is 0 Å². The number of benzene rings is 1. The van der Waals surface area contributed by atoms with Crippen LogP contribution in [0.1, 0.15) is 38.7 Å². The highest BCUT2D eigenvalue weighted by molar-refractivity contribution is 5.87. The number of fused-ring (bicyclic) bond motifs is 13. The van der Waals surface area contributed by atoms with Gasteiger partial charge in [0.05, 0.1) is 6.61 Å². The first-order valence-electron chi connectivity index (χ1n) is 8.35. The van der Waals surface area contributed by atoms with Crippen LogP contribution in [0.4, 0.5) is 0 Å². The Kier molecular flexibility index (Phi) is 6.44. The summed E-state index contributed by atoms with van der Waals surface area (Å²) in [5, 5.41) is 5.77. The molecule has 0 unspecified atom stereocenters. The normalized spacial score (nSPS) is 20.7. The van der Waals surface area contributed by atoms with E-state index in [-0.39, 0.29) is 17.7 Å². The Bertz CT molecular complexity index is 526. The summed E-state index contributed by atoms with van der Waals surface area (Å²) in [4.78, 5) is 24.3. The molecule has 1 aromatic rings. The molecule has 0 radical (unpaired) electrons. The fourth-order valence-corrected chi connectivity index (χ4v) is 2.55. The number of hydrogen-bond acceptors (Lipinski definition) is 3. The van der Waals surface area contributed by atoms with Crippen LogP contribution in [0.3, 0.4) is 0 Å². The maximum Gasteiger partial charge on any atom is 0.242 e. The maximum absolute atomic E-state index is 12.3. The van der Waals surface area contributed by atoms with E-state index in [0.29, 0.717) is 19.6 Å². The minimum atomic E-state index is -0.478. The molecule has 5 nitrogen and oxygen atoms in total. The molecule has 0 aromatic heterocycles. The Hall–Kier alpha value is -2.04. The predicted molar refractivity (Wildman–Crippen MR) is 89.3 cm³/mol. The fourth-order valence-electron chi connectivity index (χ4n) is 2.55. The average Bonchev–Trinajstić information content (AvgIpc) is 2.52. The number of carbonyl (C=O) groups excluding carboxylic acids is 2. The zero-order chi connectivity index (χ0) is 16.7. The second-order valence-electron chi connectivity index (χ2n) is 6.28. The second kappa shape index (κ2) is 8.56. The lowest BCUT2D eigenvalue weighted by Crippen LogP contribution is -2.50. The summed E-state index contributed by atoms with van der Waals surface area (Å²) >= 11 is 0. The summed E-state index contributed by atoms with van der Waals surface area (Å²) < 4.78 is 5.67. The number of nitrogens with one attached hydrogen (secondary N) is 2. The van der Waals surface area contributed by atoms with Gasteiger partial charge in [0.2, 0.25) is 11.8 Å². The first-order chi connectivity index (χ1) is 11.1. The Morgan fingerprint density at radius 1 is 1.09 bits per heavy atom. The number of amides is 2. The standard InChI is InChI=1S/C18H26N2O3/c1-13(2)17-18(22)19-11-10-14-6-8-15(9-7-14)23-12-4-3-5-16(21)20-17/h6-9,13,17H,3-5,10-12H2,1-2H3,(H,19,22)(H,20,21)/t17-/m0/s1. The third-order valence-electron chi connectivity index (χ3n) is 3.97. The summed E-state index contributed by atoms with van der Waals surface area (Å²) in [7, 11) is 0. The van der Waals surface area contributed by atoms with Crippen molar-refractivity contribution < 1.29 is 14.3 Å². The third kappa shape index (κ3) is 5.58. The van der Waals surface area contributed by atoms with E-state index in [0.717, 1.165) is 30.6 Å². The van der Waals surface area contributed by atoms with Crippen molar-refractivity contribution in [2.45, 2.75) is 45.6 Å². The van der Waals surface area contributed by atoms with Crippen LogP contribution < -0.4 is 15.4 Å². The number of rotatable bonds is 1. The summed E-state index contributed by atoms with van der Waals surface area (Å²) in [6.45, 7) is 5.03. The van der Waals surface area contributed by atoms with E-state index in [9.17, 15) is 9.59 Å². The molecule has 0 saturated carbocycles. The fraction of sp³-hybridized carbons (Fsp3) is 0.556. The smallest absolute Gasteiger partial charge is 0.242 e. The Morgan fingerprint density at radius 2 is 1.83 bits per heavy atom. The van der Waals surface area contributed by atoms with Gasteiger partial charge in [-0.1, -0.05) is 26.0 Å². The highest BCUT2D eigenvalue weighted by Crippen LogP contribution is 2.13. The first-order valence-corrected chi connectivity index (χ1v) is 8.35. The monoisotopic (exact) mass is 318 g/mol. The molecule has 23 heavy (non-hydrogen) atoms. The maximum atomic E-state index is 12.3. The average molecular weight is 318 g/mol. The van der Waals surface area contributed by atoms with Crippen LogP contribution in [0.5, 0.6) is 5.75 Å². The van der Waals surface area contributed by atoms with Crippen molar-refractivity contribution in [2.75, 3.05) is 13.2 Å². The molecule has 1 aromatic carbocycles. The minimum Gasteiger partial charge on any atom is -0.494 e. The van der Waals surface area contributed by atoms with Gasteiger partial charge in [0.25, 0.3) is 0 Å². The van der Waals surface area contributed by atoms with Crippen molar-refractivity contribution in [3.8, 4) is 5.75 Å². The molecule has 0 aliphatic carbocycles. The molecule has 5 heteroatoms. The molecule has 0 saturated heterocycles. The summed E-state index contributed by atoms with van der Waals surface area (Å²) in [5.74, 6) is 0.712. The second-order valence-corrected chi connectivity index (χ2v) is 6.28. The largest absolute Gasteiger partial charge is 0.494 e.